The average Bonchev–Trinajstić information content (AvgIpc) is 3.11. The van der Waals surface area contributed by atoms with Gasteiger partial charge in [0.15, 0.2) is 5.69 Å². The van der Waals surface area contributed by atoms with E-state index in [-0.39, 0.29) is 11.3 Å². The van der Waals surface area contributed by atoms with Crippen LogP contribution in [0.15, 0.2) is 0 Å². The zero-order valence-electron chi connectivity index (χ0n) is 13.7. The second kappa shape index (κ2) is 6.01. The van der Waals surface area contributed by atoms with Crippen LogP contribution in [-0.4, -0.2) is 53.3 Å². The summed E-state index contributed by atoms with van der Waals surface area (Å²) in [4.78, 5) is 14.7. The lowest BCUT2D eigenvalue weighted by Crippen LogP contribution is -2.41. The van der Waals surface area contributed by atoms with E-state index >= 15 is 0 Å². The normalized spacial score (nSPS) is 24.9. The summed E-state index contributed by atoms with van der Waals surface area (Å²) in [6.45, 7) is 10.4. The van der Waals surface area contributed by atoms with Gasteiger partial charge in [0.05, 0.1) is 18.9 Å². The lowest BCUT2D eigenvalue weighted by molar-refractivity contribution is 0.0499. The molecule has 1 atom stereocenters. The molecule has 1 aromatic rings. The molecular formula is C16H26N4O2. The molecule has 0 unspecified atom stereocenters. The first-order valence-corrected chi connectivity index (χ1v) is 8.25. The lowest BCUT2D eigenvalue weighted by Gasteiger charge is -2.33. The Kier molecular flexibility index (Phi) is 4.23. The van der Waals surface area contributed by atoms with Crippen LogP contribution >= 0.6 is 0 Å². The number of hydrogen-bond donors (Lipinski definition) is 2. The molecule has 0 bridgehead atoms. The zero-order chi connectivity index (χ0) is 15.7. The van der Waals surface area contributed by atoms with E-state index in [0.717, 1.165) is 37.2 Å². The molecule has 0 radical (unpaired) electrons. The predicted octanol–water partition coefficient (Wildman–Crippen LogP) is 1.43. The molecule has 2 N–H and O–H groups in total. The molecule has 1 fully saturated rings. The Morgan fingerprint density at radius 2 is 2.36 bits per heavy atom. The minimum absolute atomic E-state index is 0.0336. The molecule has 0 saturated carbocycles. The standard InChI is InChI=1S/C16H26N4O2/c1-4-6-17-15(21)13-12-8-22-10-16(14(12)19-18-13)5-7-20(9-16)11(2)3/h11H,4-10H2,1-3H3,(H,17,21)(H,18,19)/t16-/m0/s1. The third-order valence-electron chi connectivity index (χ3n) is 4.89. The smallest absolute Gasteiger partial charge is 0.272 e. The van der Waals surface area contributed by atoms with E-state index in [9.17, 15) is 4.79 Å². The van der Waals surface area contributed by atoms with Crippen molar-refractivity contribution in [1.29, 1.82) is 0 Å². The van der Waals surface area contributed by atoms with Gasteiger partial charge in [-0.2, -0.15) is 5.10 Å². The number of aromatic nitrogens is 2. The molecule has 0 aliphatic carbocycles. The number of rotatable bonds is 4. The number of aromatic amines is 1. The van der Waals surface area contributed by atoms with Gasteiger partial charge in [0, 0.05) is 30.1 Å². The van der Waals surface area contributed by atoms with E-state index in [1.54, 1.807) is 0 Å². The van der Waals surface area contributed by atoms with Crippen molar-refractivity contribution in [1.82, 2.24) is 20.4 Å². The zero-order valence-corrected chi connectivity index (χ0v) is 13.7. The first-order chi connectivity index (χ1) is 10.6. The fraction of sp³-hybridized carbons (Fsp3) is 0.750. The minimum atomic E-state index is -0.0984. The number of nitrogens with one attached hydrogen (secondary N) is 2. The number of H-pyrrole nitrogens is 1. The topological polar surface area (TPSA) is 70.2 Å². The maximum absolute atomic E-state index is 12.3. The third-order valence-corrected chi connectivity index (χ3v) is 4.89. The Balaban J connectivity index is 1.86. The molecule has 0 aromatic carbocycles. The third kappa shape index (κ3) is 2.54. The Morgan fingerprint density at radius 3 is 3.05 bits per heavy atom. The van der Waals surface area contributed by atoms with Gasteiger partial charge in [-0.3, -0.25) is 14.8 Å². The van der Waals surface area contributed by atoms with Crippen molar-refractivity contribution in [2.45, 2.75) is 51.7 Å². The first kappa shape index (κ1) is 15.5. The largest absolute Gasteiger partial charge is 0.376 e. The van der Waals surface area contributed by atoms with Crippen LogP contribution in [0.25, 0.3) is 0 Å². The number of carbonyl (C=O) groups is 1. The summed E-state index contributed by atoms with van der Waals surface area (Å²) in [7, 11) is 0. The molecule has 1 spiro atoms. The fourth-order valence-electron chi connectivity index (χ4n) is 3.54. The Labute approximate surface area is 131 Å². The number of ether oxygens (including phenoxy) is 1. The van der Waals surface area contributed by atoms with Crippen LogP contribution < -0.4 is 5.32 Å². The Bertz CT molecular complexity index is 554. The number of hydrogen-bond acceptors (Lipinski definition) is 4. The van der Waals surface area contributed by atoms with Crippen molar-refractivity contribution in [3.8, 4) is 0 Å². The summed E-state index contributed by atoms with van der Waals surface area (Å²) in [5.41, 5.74) is 2.54. The summed E-state index contributed by atoms with van der Waals surface area (Å²) in [6.07, 6.45) is 1.97. The van der Waals surface area contributed by atoms with Gasteiger partial charge in [0.2, 0.25) is 0 Å². The second-order valence-electron chi connectivity index (χ2n) is 6.77. The number of carbonyl (C=O) groups excluding carboxylic acids is 1. The van der Waals surface area contributed by atoms with Gasteiger partial charge in [-0.05, 0) is 33.2 Å². The molecule has 1 amide bonds. The maximum Gasteiger partial charge on any atom is 0.272 e. The molecule has 2 aliphatic rings. The van der Waals surface area contributed by atoms with E-state index in [4.69, 9.17) is 4.74 Å². The van der Waals surface area contributed by atoms with Gasteiger partial charge in [-0.1, -0.05) is 6.92 Å². The van der Waals surface area contributed by atoms with Crippen LogP contribution in [0.2, 0.25) is 0 Å². The highest BCUT2D eigenvalue weighted by molar-refractivity contribution is 5.94. The van der Waals surface area contributed by atoms with Crippen LogP contribution in [-0.2, 0) is 16.8 Å². The maximum atomic E-state index is 12.3. The van der Waals surface area contributed by atoms with E-state index in [2.05, 4.69) is 34.3 Å². The van der Waals surface area contributed by atoms with Crippen molar-refractivity contribution in [3.05, 3.63) is 17.0 Å². The van der Waals surface area contributed by atoms with Crippen molar-refractivity contribution < 1.29 is 9.53 Å². The van der Waals surface area contributed by atoms with Gasteiger partial charge in [-0.15, -0.1) is 0 Å². The molecule has 6 nitrogen and oxygen atoms in total. The Morgan fingerprint density at radius 1 is 1.55 bits per heavy atom. The van der Waals surface area contributed by atoms with Gasteiger partial charge in [0.25, 0.3) is 5.91 Å². The highest BCUT2D eigenvalue weighted by Gasteiger charge is 2.46. The highest BCUT2D eigenvalue weighted by atomic mass is 16.5. The number of nitrogens with zero attached hydrogens (tertiary/aromatic N) is 2. The number of fused-ring (bicyclic) bond motifs is 2. The summed E-state index contributed by atoms with van der Waals surface area (Å²) in [5.74, 6) is -0.0984. The SMILES string of the molecule is CCCNC(=O)c1n[nH]c2c1COC[C@@]21CCN(C(C)C)C1. The summed E-state index contributed by atoms with van der Waals surface area (Å²) >= 11 is 0. The molecule has 2 aliphatic heterocycles. The van der Waals surface area contributed by atoms with Crippen LogP contribution in [0.3, 0.4) is 0 Å². The van der Waals surface area contributed by atoms with E-state index in [0.29, 0.717) is 31.5 Å². The average molecular weight is 306 g/mol. The van der Waals surface area contributed by atoms with Crippen LogP contribution in [0.4, 0.5) is 0 Å². The molecule has 22 heavy (non-hydrogen) atoms. The number of likely N-dealkylation sites (tertiary alicyclic amines) is 1. The van der Waals surface area contributed by atoms with Crippen molar-refractivity contribution >= 4 is 5.91 Å². The molecular weight excluding hydrogens is 280 g/mol. The fourth-order valence-corrected chi connectivity index (χ4v) is 3.54. The van der Waals surface area contributed by atoms with Gasteiger partial charge >= 0.3 is 0 Å². The van der Waals surface area contributed by atoms with Gasteiger partial charge < -0.3 is 10.1 Å². The molecule has 6 heteroatoms. The monoisotopic (exact) mass is 306 g/mol. The Hall–Kier alpha value is -1.40. The predicted molar refractivity (Wildman–Crippen MR) is 83.9 cm³/mol. The quantitative estimate of drug-likeness (QED) is 0.883. The summed E-state index contributed by atoms with van der Waals surface area (Å²) in [5, 5.41) is 10.4. The van der Waals surface area contributed by atoms with E-state index < -0.39 is 0 Å². The molecule has 3 rings (SSSR count). The lowest BCUT2D eigenvalue weighted by atomic mass is 9.80. The van der Waals surface area contributed by atoms with Crippen molar-refractivity contribution in [2.24, 2.45) is 0 Å². The second-order valence-corrected chi connectivity index (χ2v) is 6.77. The van der Waals surface area contributed by atoms with Crippen molar-refractivity contribution in [3.63, 3.8) is 0 Å². The van der Waals surface area contributed by atoms with Crippen LogP contribution in [0.5, 0.6) is 0 Å². The van der Waals surface area contributed by atoms with Gasteiger partial charge in [-0.25, -0.2) is 0 Å². The minimum Gasteiger partial charge on any atom is -0.376 e. The van der Waals surface area contributed by atoms with Crippen LogP contribution in [0, 0.1) is 0 Å². The summed E-state index contributed by atoms with van der Waals surface area (Å²) < 4.78 is 5.85. The molecule has 1 aromatic heterocycles. The van der Waals surface area contributed by atoms with E-state index in [1.165, 1.54) is 0 Å². The molecule has 1 saturated heterocycles. The number of amides is 1. The first-order valence-electron chi connectivity index (χ1n) is 8.25. The van der Waals surface area contributed by atoms with E-state index in [1.807, 2.05) is 6.92 Å². The highest BCUT2D eigenvalue weighted by Crippen LogP contribution is 2.40. The van der Waals surface area contributed by atoms with Crippen molar-refractivity contribution in [2.75, 3.05) is 26.2 Å². The molecule has 3 heterocycles. The van der Waals surface area contributed by atoms with Gasteiger partial charge in [0.1, 0.15) is 0 Å². The summed E-state index contributed by atoms with van der Waals surface area (Å²) in [6, 6.07) is 0.528. The molecule has 122 valence electrons. The van der Waals surface area contributed by atoms with Crippen LogP contribution in [0.1, 0.15) is 55.4 Å².